The van der Waals surface area contributed by atoms with E-state index in [9.17, 15) is 23.5 Å². The van der Waals surface area contributed by atoms with Gasteiger partial charge in [0.15, 0.2) is 0 Å². The van der Waals surface area contributed by atoms with Gasteiger partial charge in [0.2, 0.25) is 12.8 Å². The predicted molar refractivity (Wildman–Crippen MR) is 181 cm³/mol. The number of amides is 2. The van der Waals surface area contributed by atoms with E-state index in [0.717, 1.165) is 51.6 Å². The van der Waals surface area contributed by atoms with Gasteiger partial charge in [-0.15, -0.1) is 0 Å². The molecule has 250 valence electrons. The van der Waals surface area contributed by atoms with E-state index < -0.39 is 11.6 Å². The number of hydrogen-bond acceptors (Lipinski definition) is 4. The average molecular weight is 661 g/mol. The number of rotatable bonds is 12. The first-order valence-electron chi connectivity index (χ1n) is 15.4. The van der Waals surface area contributed by atoms with Crippen molar-refractivity contribution >= 4 is 41.7 Å². The number of aliphatic hydroxyl groups excluding tert-OH is 1. The highest BCUT2D eigenvalue weighted by Gasteiger charge is 2.30. The number of aliphatic hydroxyl groups is 1. The van der Waals surface area contributed by atoms with Crippen LogP contribution >= 0.6 is 23.2 Å². The van der Waals surface area contributed by atoms with Crippen LogP contribution in [0.4, 0.5) is 14.5 Å². The van der Waals surface area contributed by atoms with Crippen molar-refractivity contribution in [3.63, 3.8) is 0 Å². The lowest BCUT2D eigenvalue weighted by molar-refractivity contribution is -0.109. The zero-order chi connectivity index (χ0) is 33.7. The summed E-state index contributed by atoms with van der Waals surface area (Å²) in [7, 11) is 0. The summed E-state index contributed by atoms with van der Waals surface area (Å²) in [4.78, 5) is 20.7. The fraction of sp³-hybridized carbons (Fsp3) is 0.588. The van der Waals surface area contributed by atoms with Crippen molar-refractivity contribution in [1.82, 2.24) is 10.6 Å². The van der Waals surface area contributed by atoms with E-state index in [1.165, 1.54) is 18.2 Å². The van der Waals surface area contributed by atoms with E-state index in [1.54, 1.807) is 6.08 Å². The Bertz CT molecular complexity index is 1050. The number of carbonyl (C=O) groups excluding carboxylic acids is 2. The van der Waals surface area contributed by atoms with Gasteiger partial charge in [0.1, 0.15) is 11.6 Å². The van der Waals surface area contributed by atoms with E-state index in [-0.39, 0.29) is 28.0 Å². The first kappa shape index (κ1) is 41.7. The summed E-state index contributed by atoms with van der Waals surface area (Å²) < 4.78 is 26.7. The highest BCUT2D eigenvalue weighted by Crippen LogP contribution is 2.37. The Labute approximate surface area is 273 Å². The molecule has 4 atom stereocenters. The Morgan fingerprint density at radius 1 is 1.16 bits per heavy atom. The molecule has 1 unspecified atom stereocenters. The van der Waals surface area contributed by atoms with Crippen molar-refractivity contribution in [3.05, 3.63) is 64.2 Å². The van der Waals surface area contributed by atoms with Crippen LogP contribution in [0.5, 0.6) is 0 Å². The Hall–Kier alpha value is -2.26. The molecule has 2 fully saturated rings. The number of anilines is 1. The van der Waals surface area contributed by atoms with Gasteiger partial charge < -0.3 is 21.1 Å². The average Bonchev–Trinajstić information content (AvgIpc) is 3.60. The molecule has 0 bridgehead atoms. The minimum Gasteiger partial charge on any atom is -0.393 e. The number of nitrogens with one attached hydrogen (secondary N) is 3. The van der Waals surface area contributed by atoms with Crippen molar-refractivity contribution in [3.8, 4) is 0 Å². The molecule has 1 saturated heterocycles. The number of benzene rings is 1. The molecular formula is C34H53Cl2F2N3O3. The Balaban J connectivity index is 0.000000804. The molecule has 0 radical (unpaired) electrons. The second-order valence-corrected chi connectivity index (χ2v) is 13.1. The number of allylic oxidation sites excluding steroid dienone is 5. The topological polar surface area (TPSA) is 90.5 Å². The van der Waals surface area contributed by atoms with Crippen LogP contribution in [0.3, 0.4) is 0 Å². The molecule has 44 heavy (non-hydrogen) atoms. The molecule has 2 amide bonds. The summed E-state index contributed by atoms with van der Waals surface area (Å²) in [5.41, 5.74) is 1.70. The zero-order valence-electron chi connectivity index (χ0n) is 27.2. The molecule has 1 saturated carbocycles. The zero-order valence-corrected chi connectivity index (χ0v) is 28.7. The summed E-state index contributed by atoms with van der Waals surface area (Å²) in [6, 6.07) is 2.79. The van der Waals surface area contributed by atoms with Crippen LogP contribution in [-0.2, 0) is 9.59 Å². The van der Waals surface area contributed by atoms with E-state index in [1.807, 2.05) is 19.9 Å². The molecule has 1 heterocycles. The molecule has 0 aromatic heterocycles. The lowest BCUT2D eigenvalue weighted by atomic mass is 9.85. The maximum Gasteiger partial charge on any atom is 0.211 e. The lowest BCUT2D eigenvalue weighted by Crippen LogP contribution is -2.13. The molecule has 1 aliphatic carbocycles. The van der Waals surface area contributed by atoms with Crippen LogP contribution < -0.4 is 16.0 Å². The van der Waals surface area contributed by atoms with E-state index >= 15 is 0 Å². The highest BCUT2D eigenvalue weighted by molar-refractivity contribution is 6.31. The second kappa shape index (κ2) is 23.1. The number of carbonyl (C=O) groups is 2. The highest BCUT2D eigenvalue weighted by atomic mass is 35.5. The smallest absolute Gasteiger partial charge is 0.211 e. The maximum atomic E-state index is 13.9. The second-order valence-electron chi connectivity index (χ2n) is 12.3. The molecule has 3 rings (SSSR count). The van der Waals surface area contributed by atoms with Crippen molar-refractivity contribution in [2.24, 2.45) is 17.3 Å². The molecular weight excluding hydrogens is 607 g/mol. The SMILES string of the molecule is C=C(F)/C(Cl)=C\C=C/C[C@H]1CNC[C@H]1c1cc(F)c(Cl)cc1NC=O.CC.CC(C)(C)C.O=CNCCCC1CC[C@@H](O)C1. The number of hydrogen-bond donors (Lipinski definition) is 4. The van der Waals surface area contributed by atoms with Gasteiger partial charge in [-0.05, 0) is 86.1 Å². The fourth-order valence-electron chi connectivity index (χ4n) is 4.76. The van der Waals surface area contributed by atoms with Crippen LogP contribution in [0.1, 0.15) is 91.5 Å². The molecule has 0 spiro atoms. The van der Waals surface area contributed by atoms with Gasteiger partial charge >= 0.3 is 0 Å². The molecule has 2 aliphatic rings. The summed E-state index contributed by atoms with van der Waals surface area (Å²) in [5.74, 6) is -0.328. The van der Waals surface area contributed by atoms with Crippen molar-refractivity contribution in [1.29, 1.82) is 0 Å². The fourth-order valence-corrected chi connectivity index (χ4v) is 5.00. The first-order valence-corrected chi connectivity index (χ1v) is 16.1. The number of halogens is 4. The molecule has 4 N–H and O–H groups in total. The Morgan fingerprint density at radius 2 is 1.82 bits per heavy atom. The summed E-state index contributed by atoms with van der Waals surface area (Å²) in [6.45, 7) is 18.0. The van der Waals surface area contributed by atoms with Gasteiger partial charge in [-0.3, -0.25) is 9.59 Å². The van der Waals surface area contributed by atoms with Crippen LogP contribution in [0.15, 0.2) is 47.8 Å². The van der Waals surface area contributed by atoms with E-state index in [4.69, 9.17) is 23.2 Å². The van der Waals surface area contributed by atoms with Gasteiger partial charge in [0.25, 0.3) is 0 Å². The standard InChI is InChI=1S/C18H18Cl2F2N2O.C9H17NO2.C5H12.C2H6/c1-11(21)15(19)5-3-2-4-12-8-23-9-14(12)13-6-17(22)16(20)7-18(13)24-10-25;11-7-10-5-1-2-8-3-4-9(12)6-8;1-5(2,3)4;1-2/h2-3,5-7,10,12,14,23H,1,4,8-9H2,(H,24,25);7-9,12H,1-6H2,(H,10,11);1-4H3;1-2H3/b3-2-,15-5+;;;/t12-,14+;8?,9-;;/m01../s1. The third kappa shape index (κ3) is 18.5. The largest absolute Gasteiger partial charge is 0.393 e. The minimum atomic E-state index is -0.687. The van der Waals surface area contributed by atoms with Gasteiger partial charge in [-0.1, -0.05) is 83.5 Å². The van der Waals surface area contributed by atoms with Crippen LogP contribution in [0, 0.1) is 23.1 Å². The predicted octanol–water partition coefficient (Wildman–Crippen LogP) is 8.65. The lowest BCUT2D eigenvalue weighted by Gasteiger charge is -2.21. The van der Waals surface area contributed by atoms with Gasteiger partial charge in [-0.2, -0.15) is 0 Å². The van der Waals surface area contributed by atoms with Crippen LogP contribution in [0.25, 0.3) is 0 Å². The van der Waals surface area contributed by atoms with E-state index in [2.05, 4.69) is 50.2 Å². The molecule has 1 aromatic carbocycles. The normalized spacial score (nSPS) is 21.2. The minimum absolute atomic E-state index is 0.00876. The van der Waals surface area contributed by atoms with Crippen molar-refractivity contribution in [2.45, 2.75) is 92.1 Å². The third-order valence-electron chi connectivity index (χ3n) is 6.65. The van der Waals surface area contributed by atoms with Crippen LogP contribution in [0.2, 0.25) is 5.02 Å². The summed E-state index contributed by atoms with van der Waals surface area (Å²) >= 11 is 11.5. The van der Waals surface area contributed by atoms with Crippen molar-refractivity contribution in [2.75, 3.05) is 25.0 Å². The van der Waals surface area contributed by atoms with Crippen LogP contribution in [-0.4, -0.2) is 43.7 Å². The molecule has 6 nitrogen and oxygen atoms in total. The quantitative estimate of drug-likeness (QED) is 0.103. The molecule has 1 aromatic rings. The molecule has 1 aliphatic heterocycles. The molecule has 10 heteroatoms. The Kier molecular flexibility index (Phi) is 21.9. The monoisotopic (exact) mass is 659 g/mol. The van der Waals surface area contributed by atoms with Crippen molar-refractivity contribution < 1.29 is 23.5 Å². The maximum absolute atomic E-state index is 13.9. The van der Waals surface area contributed by atoms with Gasteiger partial charge in [0.05, 0.1) is 16.2 Å². The van der Waals surface area contributed by atoms with Gasteiger partial charge in [-0.25, -0.2) is 8.78 Å². The summed E-state index contributed by atoms with van der Waals surface area (Å²) in [6.07, 6.45) is 12.1. The Morgan fingerprint density at radius 3 is 2.36 bits per heavy atom. The van der Waals surface area contributed by atoms with E-state index in [0.29, 0.717) is 42.0 Å². The first-order chi connectivity index (χ1) is 20.8. The summed E-state index contributed by atoms with van der Waals surface area (Å²) in [5, 5.41) is 17.6. The third-order valence-corrected chi connectivity index (χ3v) is 7.27. The van der Waals surface area contributed by atoms with Gasteiger partial charge in [0, 0.05) is 24.7 Å².